The molecule has 1 rings (SSSR count). The quantitative estimate of drug-likeness (QED) is 0.556. The molecule has 0 aromatic heterocycles. The standard InChI is InChI=1S/C9H12ClFO2/c1-5-6(4-8(12)13)2-3-7(10)9(5)11/h6-7,9H,1-4H2,(H,12,13). The zero-order valence-corrected chi connectivity index (χ0v) is 7.93. The molecular weight excluding hydrogens is 195 g/mol. The summed E-state index contributed by atoms with van der Waals surface area (Å²) in [5.41, 5.74) is 0.341. The van der Waals surface area contributed by atoms with Crippen LogP contribution >= 0.6 is 11.6 Å². The molecule has 3 unspecified atom stereocenters. The number of aliphatic carboxylic acids is 1. The molecule has 0 aromatic carbocycles. The molecule has 1 aliphatic rings. The Balaban J connectivity index is 2.59. The molecule has 1 aliphatic carbocycles. The van der Waals surface area contributed by atoms with E-state index in [0.29, 0.717) is 18.4 Å². The van der Waals surface area contributed by atoms with Crippen LogP contribution in [0, 0.1) is 5.92 Å². The number of allylic oxidation sites excluding steroid dienone is 1. The van der Waals surface area contributed by atoms with E-state index < -0.39 is 17.5 Å². The van der Waals surface area contributed by atoms with Crippen molar-refractivity contribution in [1.82, 2.24) is 0 Å². The van der Waals surface area contributed by atoms with E-state index >= 15 is 0 Å². The maximum absolute atomic E-state index is 13.2. The lowest BCUT2D eigenvalue weighted by Gasteiger charge is -2.29. The van der Waals surface area contributed by atoms with Gasteiger partial charge in [0.1, 0.15) is 6.17 Å². The molecule has 0 spiro atoms. The van der Waals surface area contributed by atoms with E-state index in [0.717, 1.165) is 0 Å². The van der Waals surface area contributed by atoms with Gasteiger partial charge in [-0.15, -0.1) is 11.6 Å². The van der Waals surface area contributed by atoms with Crippen LogP contribution in [0.5, 0.6) is 0 Å². The van der Waals surface area contributed by atoms with Gasteiger partial charge in [-0.1, -0.05) is 6.58 Å². The summed E-state index contributed by atoms with van der Waals surface area (Å²) >= 11 is 5.68. The van der Waals surface area contributed by atoms with Crippen molar-refractivity contribution in [2.45, 2.75) is 30.8 Å². The summed E-state index contributed by atoms with van der Waals surface area (Å²) < 4.78 is 13.2. The molecule has 1 saturated carbocycles. The summed E-state index contributed by atoms with van der Waals surface area (Å²) in [4.78, 5) is 10.4. The van der Waals surface area contributed by atoms with Gasteiger partial charge in [-0.3, -0.25) is 4.79 Å². The van der Waals surface area contributed by atoms with Crippen LogP contribution in [0.15, 0.2) is 12.2 Å². The molecule has 1 N–H and O–H groups in total. The Morgan fingerprint density at radius 3 is 2.85 bits per heavy atom. The Bertz CT molecular complexity index is 230. The largest absolute Gasteiger partial charge is 0.481 e. The summed E-state index contributed by atoms with van der Waals surface area (Å²) in [5, 5.41) is 8.01. The minimum atomic E-state index is -1.25. The summed E-state index contributed by atoms with van der Waals surface area (Å²) in [7, 11) is 0. The van der Waals surface area contributed by atoms with E-state index in [1.807, 2.05) is 0 Å². The fourth-order valence-corrected chi connectivity index (χ4v) is 1.88. The number of carbonyl (C=O) groups is 1. The second kappa shape index (κ2) is 4.09. The summed E-state index contributed by atoms with van der Waals surface area (Å²) in [6.45, 7) is 3.56. The molecule has 1 fully saturated rings. The minimum absolute atomic E-state index is 0.0388. The van der Waals surface area contributed by atoms with Crippen molar-refractivity contribution in [3.05, 3.63) is 12.2 Å². The van der Waals surface area contributed by atoms with Gasteiger partial charge in [0.2, 0.25) is 0 Å². The Hall–Kier alpha value is -0.570. The maximum Gasteiger partial charge on any atom is 0.303 e. The highest BCUT2D eigenvalue weighted by Gasteiger charge is 2.33. The van der Waals surface area contributed by atoms with E-state index in [2.05, 4.69) is 6.58 Å². The molecule has 0 saturated heterocycles. The van der Waals surface area contributed by atoms with E-state index in [9.17, 15) is 9.18 Å². The van der Waals surface area contributed by atoms with Crippen molar-refractivity contribution in [2.75, 3.05) is 0 Å². The first-order valence-corrected chi connectivity index (χ1v) is 4.64. The molecule has 2 nitrogen and oxygen atoms in total. The van der Waals surface area contributed by atoms with Gasteiger partial charge in [0, 0.05) is 0 Å². The van der Waals surface area contributed by atoms with Crippen LogP contribution in [-0.4, -0.2) is 22.6 Å². The second-order valence-corrected chi connectivity index (χ2v) is 3.93. The lowest BCUT2D eigenvalue weighted by Crippen LogP contribution is -2.30. The molecule has 13 heavy (non-hydrogen) atoms. The monoisotopic (exact) mass is 206 g/mol. The molecular formula is C9H12ClFO2. The van der Waals surface area contributed by atoms with Crippen molar-refractivity contribution in [3.8, 4) is 0 Å². The minimum Gasteiger partial charge on any atom is -0.481 e. The average molecular weight is 207 g/mol. The number of halogens is 2. The van der Waals surface area contributed by atoms with Gasteiger partial charge in [-0.25, -0.2) is 4.39 Å². The third-order valence-corrected chi connectivity index (χ3v) is 2.85. The fourth-order valence-electron chi connectivity index (χ4n) is 1.59. The zero-order valence-electron chi connectivity index (χ0n) is 7.17. The van der Waals surface area contributed by atoms with Crippen LogP contribution in [0.25, 0.3) is 0 Å². The Kier molecular flexibility index (Phi) is 3.31. The number of hydrogen-bond acceptors (Lipinski definition) is 1. The number of hydrogen-bond donors (Lipinski definition) is 1. The van der Waals surface area contributed by atoms with Gasteiger partial charge in [-0.05, 0) is 24.3 Å². The molecule has 0 amide bonds. The molecule has 0 bridgehead atoms. The fraction of sp³-hybridized carbons (Fsp3) is 0.667. The van der Waals surface area contributed by atoms with Crippen LogP contribution in [-0.2, 0) is 4.79 Å². The first-order valence-electron chi connectivity index (χ1n) is 4.21. The van der Waals surface area contributed by atoms with Crippen LogP contribution in [0.3, 0.4) is 0 Å². The van der Waals surface area contributed by atoms with E-state index in [1.54, 1.807) is 0 Å². The average Bonchev–Trinajstić information content (AvgIpc) is 2.06. The topological polar surface area (TPSA) is 37.3 Å². The molecule has 74 valence electrons. The highest BCUT2D eigenvalue weighted by molar-refractivity contribution is 6.21. The van der Waals surface area contributed by atoms with Gasteiger partial charge in [-0.2, -0.15) is 0 Å². The van der Waals surface area contributed by atoms with E-state index in [1.165, 1.54) is 0 Å². The van der Waals surface area contributed by atoms with Crippen molar-refractivity contribution in [1.29, 1.82) is 0 Å². The normalized spacial score (nSPS) is 34.6. The SMILES string of the molecule is C=C1C(CC(=O)O)CCC(Cl)C1F. The van der Waals surface area contributed by atoms with Crippen LogP contribution in [0.1, 0.15) is 19.3 Å². The van der Waals surface area contributed by atoms with Gasteiger partial charge in [0.05, 0.1) is 11.8 Å². The van der Waals surface area contributed by atoms with E-state index in [-0.39, 0.29) is 12.3 Å². The number of rotatable bonds is 2. The molecule has 0 aromatic rings. The van der Waals surface area contributed by atoms with Crippen molar-refractivity contribution < 1.29 is 14.3 Å². The van der Waals surface area contributed by atoms with Gasteiger partial charge < -0.3 is 5.11 Å². The Morgan fingerprint density at radius 1 is 1.69 bits per heavy atom. The highest BCUT2D eigenvalue weighted by Crippen LogP contribution is 2.35. The smallest absolute Gasteiger partial charge is 0.303 e. The number of carboxylic acids is 1. The van der Waals surface area contributed by atoms with Gasteiger partial charge in [0.25, 0.3) is 0 Å². The third-order valence-electron chi connectivity index (χ3n) is 2.41. The van der Waals surface area contributed by atoms with Crippen LogP contribution < -0.4 is 0 Å². The molecule has 4 heteroatoms. The maximum atomic E-state index is 13.2. The molecule has 0 heterocycles. The second-order valence-electron chi connectivity index (χ2n) is 3.36. The number of carboxylic acid groups (broad SMARTS) is 1. The Morgan fingerprint density at radius 2 is 2.31 bits per heavy atom. The first kappa shape index (κ1) is 10.5. The summed E-state index contributed by atoms with van der Waals surface area (Å²) in [6.07, 6.45) is -0.137. The van der Waals surface area contributed by atoms with Gasteiger partial charge in [0.15, 0.2) is 0 Å². The first-order chi connectivity index (χ1) is 6.02. The molecule has 3 atom stereocenters. The lowest BCUT2D eigenvalue weighted by molar-refractivity contribution is -0.138. The highest BCUT2D eigenvalue weighted by atomic mass is 35.5. The van der Waals surface area contributed by atoms with Crippen LogP contribution in [0.2, 0.25) is 0 Å². The lowest BCUT2D eigenvalue weighted by atomic mass is 9.82. The molecule has 0 radical (unpaired) electrons. The van der Waals surface area contributed by atoms with Crippen molar-refractivity contribution in [2.24, 2.45) is 5.92 Å². The number of alkyl halides is 2. The third kappa shape index (κ3) is 2.44. The molecule has 0 aliphatic heterocycles. The zero-order chi connectivity index (χ0) is 10.0. The predicted octanol–water partition coefficient (Wildman–Crippen LogP) is 2.37. The Labute approximate surface area is 81.4 Å². The van der Waals surface area contributed by atoms with E-state index in [4.69, 9.17) is 16.7 Å². The predicted molar refractivity (Wildman–Crippen MR) is 48.7 cm³/mol. The summed E-state index contributed by atoms with van der Waals surface area (Å²) in [5.74, 6) is -1.16. The summed E-state index contributed by atoms with van der Waals surface area (Å²) in [6, 6.07) is 0. The van der Waals surface area contributed by atoms with Crippen LogP contribution in [0.4, 0.5) is 4.39 Å². The van der Waals surface area contributed by atoms with Crippen molar-refractivity contribution >= 4 is 17.6 Å². The van der Waals surface area contributed by atoms with Gasteiger partial charge >= 0.3 is 5.97 Å². The van der Waals surface area contributed by atoms with Crippen molar-refractivity contribution in [3.63, 3.8) is 0 Å².